The van der Waals surface area contributed by atoms with Crippen LogP contribution >= 0.6 is 0 Å². The van der Waals surface area contributed by atoms with Crippen LogP contribution in [0.5, 0.6) is 0 Å². The minimum atomic E-state index is -4.57. The van der Waals surface area contributed by atoms with Crippen LogP contribution in [-0.4, -0.2) is 19.9 Å². The molecule has 1 aromatic carbocycles. The molecular formula is C23H18F3N5. The van der Waals surface area contributed by atoms with Crippen LogP contribution in [0.2, 0.25) is 0 Å². The lowest BCUT2D eigenvalue weighted by Gasteiger charge is -2.14. The van der Waals surface area contributed by atoms with Gasteiger partial charge in [0, 0.05) is 42.0 Å². The molecule has 3 aromatic heterocycles. The molecule has 0 aliphatic heterocycles. The number of nitrogens with zero attached hydrogens (tertiary/aromatic N) is 4. The summed E-state index contributed by atoms with van der Waals surface area (Å²) in [4.78, 5) is 16.4. The molecule has 31 heavy (non-hydrogen) atoms. The lowest BCUT2D eigenvalue weighted by atomic mass is 10.1. The number of rotatable bonds is 5. The Balaban J connectivity index is 1.55. The lowest BCUT2D eigenvalue weighted by molar-refractivity contribution is -0.137. The van der Waals surface area contributed by atoms with E-state index < -0.39 is 11.7 Å². The van der Waals surface area contributed by atoms with Crippen molar-refractivity contribution in [1.29, 1.82) is 0 Å². The zero-order valence-corrected chi connectivity index (χ0v) is 16.6. The van der Waals surface area contributed by atoms with E-state index in [1.807, 2.05) is 42.5 Å². The van der Waals surface area contributed by atoms with E-state index in [1.54, 1.807) is 25.3 Å². The fourth-order valence-corrected chi connectivity index (χ4v) is 3.01. The standard InChI is InChI=1S/C23H18F3N5/c1-15-5-8-18(13-28-15)21-19(23(24,25)26)14-30-22(31-21)29-12-16-6-9-17(10-7-16)20-4-2-3-11-27-20/h2-11,13-14H,12H2,1H3,(H,29,30,31). The van der Waals surface area contributed by atoms with E-state index in [0.717, 1.165) is 23.0 Å². The molecule has 0 bridgehead atoms. The number of alkyl halides is 3. The Morgan fingerprint density at radius 1 is 0.839 bits per heavy atom. The van der Waals surface area contributed by atoms with Gasteiger partial charge < -0.3 is 5.32 Å². The van der Waals surface area contributed by atoms with Gasteiger partial charge in [-0.3, -0.25) is 9.97 Å². The molecule has 8 heteroatoms. The summed E-state index contributed by atoms with van der Waals surface area (Å²) < 4.78 is 40.3. The van der Waals surface area contributed by atoms with Gasteiger partial charge in [0.1, 0.15) is 5.56 Å². The molecule has 0 saturated carbocycles. The molecule has 5 nitrogen and oxygen atoms in total. The molecule has 156 valence electrons. The van der Waals surface area contributed by atoms with Crippen LogP contribution in [0.25, 0.3) is 22.5 Å². The molecule has 0 atom stereocenters. The number of benzene rings is 1. The lowest BCUT2D eigenvalue weighted by Crippen LogP contribution is -2.12. The quantitative estimate of drug-likeness (QED) is 0.458. The van der Waals surface area contributed by atoms with Gasteiger partial charge in [-0.05, 0) is 36.8 Å². The summed E-state index contributed by atoms with van der Waals surface area (Å²) in [5.74, 6) is 0.109. The number of pyridine rings is 2. The number of aromatic nitrogens is 4. The van der Waals surface area contributed by atoms with E-state index in [2.05, 4.69) is 25.3 Å². The van der Waals surface area contributed by atoms with Crippen molar-refractivity contribution in [2.24, 2.45) is 0 Å². The van der Waals surface area contributed by atoms with Crippen molar-refractivity contribution in [3.05, 3.63) is 90.0 Å². The summed E-state index contributed by atoms with van der Waals surface area (Å²) in [7, 11) is 0. The average molecular weight is 421 g/mol. The van der Waals surface area contributed by atoms with Gasteiger partial charge in [0.25, 0.3) is 0 Å². The fraction of sp³-hybridized carbons (Fsp3) is 0.130. The van der Waals surface area contributed by atoms with Crippen LogP contribution in [0, 0.1) is 6.92 Å². The number of hydrogen-bond acceptors (Lipinski definition) is 5. The summed E-state index contributed by atoms with van der Waals surface area (Å²) in [5, 5.41) is 2.99. The molecule has 0 unspecified atom stereocenters. The molecule has 0 amide bonds. The smallest absolute Gasteiger partial charge is 0.350 e. The molecule has 0 aliphatic carbocycles. The van der Waals surface area contributed by atoms with Crippen molar-refractivity contribution in [3.8, 4) is 22.5 Å². The van der Waals surface area contributed by atoms with Crippen LogP contribution in [0.3, 0.4) is 0 Å². The summed E-state index contributed by atoms with van der Waals surface area (Å²) in [5.41, 5.74) is 2.66. The van der Waals surface area contributed by atoms with Gasteiger partial charge in [0.2, 0.25) is 5.95 Å². The van der Waals surface area contributed by atoms with Crippen LogP contribution in [0.15, 0.2) is 73.2 Å². The third kappa shape index (κ3) is 4.85. The predicted octanol–water partition coefficient (Wildman–Crippen LogP) is 5.54. The Labute approximate surface area is 177 Å². The van der Waals surface area contributed by atoms with Crippen LogP contribution in [-0.2, 0) is 12.7 Å². The Morgan fingerprint density at radius 2 is 1.61 bits per heavy atom. The van der Waals surface area contributed by atoms with Crippen LogP contribution < -0.4 is 5.32 Å². The van der Waals surface area contributed by atoms with Crippen LogP contribution in [0.1, 0.15) is 16.8 Å². The second-order valence-corrected chi connectivity index (χ2v) is 6.91. The largest absolute Gasteiger partial charge is 0.419 e. The second kappa shape index (κ2) is 8.51. The zero-order chi connectivity index (χ0) is 21.8. The maximum Gasteiger partial charge on any atom is 0.419 e. The van der Waals surface area contributed by atoms with Crippen molar-refractivity contribution in [2.75, 3.05) is 5.32 Å². The Bertz CT molecular complexity index is 1160. The summed E-state index contributed by atoms with van der Waals surface area (Å²) >= 11 is 0. The topological polar surface area (TPSA) is 63.6 Å². The molecule has 1 N–H and O–H groups in total. The van der Waals surface area contributed by atoms with Gasteiger partial charge in [-0.2, -0.15) is 13.2 Å². The molecule has 0 radical (unpaired) electrons. The van der Waals surface area contributed by atoms with Crippen molar-refractivity contribution >= 4 is 5.95 Å². The SMILES string of the molecule is Cc1ccc(-c2nc(NCc3ccc(-c4ccccn4)cc3)ncc2C(F)(F)F)cn1. The summed E-state index contributed by atoms with van der Waals surface area (Å²) in [6, 6.07) is 16.6. The first-order valence-electron chi connectivity index (χ1n) is 9.51. The number of hydrogen-bond donors (Lipinski definition) is 1. The highest BCUT2D eigenvalue weighted by atomic mass is 19.4. The highest BCUT2D eigenvalue weighted by Crippen LogP contribution is 2.35. The van der Waals surface area contributed by atoms with Crippen molar-refractivity contribution in [3.63, 3.8) is 0 Å². The molecule has 0 spiro atoms. The van der Waals surface area contributed by atoms with Crippen molar-refractivity contribution < 1.29 is 13.2 Å². The fourth-order valence-electron chi connectivity index (χ4n) is 3.01. The van der Waals surface area contributed by atoms with Crippen LogP contribution in [0.4, 0.5) is 19.1 Å². The first kappa shape index (κ1) is 20.5. The number of aryl methyl sites for hydroxylation is 1. The molecule has 4 rings (SSSR count). The maximum atomic E-state index is 13.4. The molecule has 3 heterocycles. The van der Waals surface area contributed by atoms with E-state index in [0.29, 0.717) is 12.2 Å². The van der Waals surface area contributed by atoms with Gasteiger partial charge in [0.15, 0.2) is 0 Å². The number of anilines is 1. The third-order valence-corrected chi connectivity index (χ3v) is 4.64. The van der Waals surface area contributed by atoms with E-state index in [9.17, 15) is 13.2 Å². The van der Waals surface area contributed by atoms with Gasteiger partial charge >= 0.3 is 6.18 Å². The minimum Gasteiger partial charge on any atom is -0.350 e. The van der Waals surface area contributed by atoms with Gasteiger partial charge in [-0.15, -0.1) is 0 Å². The highest BCUT2D eigenvalue weighted by molar-refractivity contribution is 5.64. The molecule has 0 saturated heterocycles. The maximum absolute atomic E-state index is 13.4. The van der Waals surface area contributed by atoms with Gasteiger partial charge in [-0.1, -0.05) is 30.3 Å². The van der Waals surface area contributed by atoms with Crippen molar-refractivity contribution in [1.82, 2.24) is 19.9 Å². The normalized spacial score (nSPS) is 11.4. The monoisotopic (exact) mass is 421 g/mol. The van der Waals surface area contributed by atoms with E-state index >= 15 is 0 Å². The molecular weight excluding hydrogens is 403 g/mol. The predicted molar refractivity (Wildman–Crippen MR) is 112 cm³/mol. The molecule has 4 aromatic rings. The van der Waals surface area contributed by atoms with E-state index in [1.165, 1.54) is 6.20 Å². The molecule has 0 fully saturated rings. The molecule has 0 aliphatic rings. The first-order chi connectivity index (χ1) is 14.9. The van der Waals surface area contributed by atoms with Gasteiger partial charge in [-0.25, -0.2) is 9.97 Å². The minimum absolute atomic E-state index is 0.109. The Morgan fingerprint density at radius 3 is 2.26 bits per heavy atom. The number of halogens is 3. The van der Waals surface area contributed by atoms with Crippen molar-refractivity contribution in [2.45, 2.75) is 19.6 Å². The zero-order valence-electron chi connectivity index (χ0n) is 16.6. The Hall–Kier alpha value is -3.81. The van der Waals surface area contributed by atoms with E-state index in [-0.39, 0.29) is 17.2 Å². The Kier molecular flexibility index (Phi) is 5.62. The highest BCUT2D eigenvalue weighted by Gasteiger charge is 2.35. The summed E-state index contributed by atoms with van der Waals surface area (Å²) in [6.07, 6.45) is -0.657. The number of nitrogens with one attached hydrogen (secondary N) is 1. The van der Waals surface area contributed by atoms with Gasteiger partial charge in [0.05, 0.1) is 11.4 Å². The third-order valence-electron chi connectivity index (χ3n) is 4.64. The average Bonchev–Trinajstić information content (AvgIpc) is 2.78. The summed E-state index contributed by atoms with van der Waals surface area (Å²) in [6.45, 7) is 2.12. The first-order valence-corrected chi connectivity index (χ1v) is 9.51. The van der Waals surface area contributed by atoms with E-state index in [4.69, 9.17) is 0 Å². The second-order valence-electron chi connectivity index (χ2n) is 6.91.